The Hall–Kier alpha value is -0.150. The van der Waals surface area contributed by atoms with E-state index in [0.29, 0.717) is 4.75 Å². The van der Waals surface area contributed by atoms with E-state index in [-0.39, 0.29) is 0 Å². The molecule has 0 aliphatic carbocycles. The molecular formula is C12H16BrNS. The van der Waals surface area contributed by atoms with Crippen LogP contribution in [0.3, 0.4) is 0 Å². The van der Waals surface area contributed by atoms with E-state index in [1.54, 1.807) is 0 Å². The minimum atomic E-state index is 0.301. The van der Waals surface area contributed by atoms with E-state index in [2.05, 4.69) is 60.8 Å². The largest absolute Gasteiger partial charge is 0.371 e. The van der Waals surface area contributed by atoms with Crippen molar-refractivity contribution in [2.75, 3.05) is 18.5 Å². The third kappa shape index (κ3) is 2.18. The van der Waals surface area contributed by atoms with Gasteiger partial charge in [-0.05, 0) is 54.4 Å². The van der Waals surface area contributed by atoms with Crippen molar-refractivity contribution in [1.82, 2.24) is 0 Å². The van der Waals surface area contributed by atoms with Crippen LogP contribution in [0, 0.1) is 6.92 Å². The maximum Gasteiger partial charge on any atom is 0.0647 e. The highest BCUT2D eigenvalue weighted by molar-refractivity contribution is 9.10. The molecule has 0 saturated heterocycles. The predicted molar refractivity (Wildman–Crippen MR) is 72.1 cm³/mol. The van der Waals surface area contributed by atoms with E-state index in [1.165, 1.54) is 20.6 Å². The second-order valence-corrected chi connectivity index (χ2v) is 7.41. The first-order valence-electron chi connectivity index (χ1n) is 5.09. The lowest BCUT2D eigenvalue weighted by Crippen LogP contribution is -2.37. The second-order valence-electron chi connectivity index (χ2n) is 4.81. The molecule has 0 bridgehead atoms. The van der Waals surface area contributed by atoms with E-state index < -0.39 is 0 Å². The van der Waals surface area contributed by atoms with Crippen molar-refractivity contribution in [3.63, 3.8) is 0 Å². The molecule has 1 nitrogen and oxygen atoms in total. The van der Waals surface area contributed by atoms with Crippen molar-refractivity contribution in [2.24, 2.45) is 0 Å². The third-order valence-electron chi connectivity index (χ3n) is 2.56. The number of aryl methyl sites for hydroxylation is 1. The topological polar surface area (TPSA) is 3.24 Å². The molecule has 1 aliphatic heterocycles. The van der Waals surface area contributed by atoms with Crippen LogP contribution >= 0.6 is 27.7 Å². The lowest BCUT2D eigenvalue weighted by molar-refractivity contribution is 0.675. The Balaban J connectivity index is 2.55. The smallest absolute Gasteiger partial charge is 0.0647 e. The first kappa shape index (κ1) is 11.3. The highest BCUT2D eigenvalue weighted by atomic mass is 79.9. The van der Waals surface area contributed by atoms with Gasteiger partial charge in [0.1, 0.15) is 0 Å². The van der Waals surface area contributed by atoms with Crippen molar-refractivity contribution in [2.45, 2.75) is 30.4 Å². The minimum absolute atomic E-state index is 0.301. The molecule has 1 heterocycles. The molecule has 0 amide bonds. The summed E-state index contributed by atoms with van der Waals surface area (Å²) in [4.78, 5) is 3.73. The van der Waals surface area contributed by atoms with Crippen molar-refractivity contribution in [3.8, 4) is 0 Å². The summed E-state index contributed by atoms with van der Waals surface area (Å²) < 4.78 is 1.51. The third-order valence-corrected chi connectivity index (χ3v) is 4.38. The standard InChI is InChI=1S/C12H16BrNS/c1-8-5-9(13)11-10(6-8)15-12(2,3)7-14(11)4/h5-6H,7H2,1-4H3. The van der Waals surface area contributed by atoms with Gasteiger partial charge in [-0.15, -0.1) is 11.8 Å². The van der Waals surface area contributed by atoms with Gasteiger partial charge in [0, 0.05) is 27.7 Å². The fraction of sp³-hybridized carbons (Fsp3) is 0.500. The van der Waals surface area contributed by atoms with Crippen LogP contribution in [0.1, 0.15) is 19.4 Å². The highest BCUT2D eigenvalue weighted by Crippen LogP contribution is 2.47. The van der Waals surface area contributed by atoms with Crippen molar-refractivity contribution >= 4 is 33.4 Å². The van der Waals surface area contributed by atoms with Crippen LogP contribution < -0.4 is 4.90 Å². The van der Waals surface area contributed by atoms with Crippen LogP contribution in [0.15, 0.2) is 21.5 Å². The van der Waals surface area contributed by atoms with Crippen LogP contribution in [-0.2, 0) is 0 Å². The van der Waals surface area contributed by atoms with Gasteiger partial charge < -0.3 is 4.90 Å². The molecule has 1 aromatic carbocycles. The second kappa shape index (κ2) is 3.70. The lowest BCUT2D eigenvalue weighted by Gasteiger charge is -2.38. The first-order valence-corrected chi connectivity index (χ1v) is 6.70. The van der Waals surface area contributed by atoms with Gasteiger partial charge in [-0.2, -0.15) is 0 Å². The van der Waals surface area contributed by atoms with Crippen LogP contribution in [-0.4, -0.2) is 18.3 Å². The van der Waals surface area contributed by atoms with Gasteiger partial charge in [0.25, 0.3) is 0 Å². The summed E-state index contributed by atoms with van der Waals surface area (Å²) in [6, 6.07) is 4.47. The SMILES string of the molecule is Cc1cc(Br)c2c(c1)SC(C)(C)CN2C. The number of benzene rings is 1. The van der Waals surface area contributed by atoms with E-state index in [4.69, 9.17) is 0 Å². The summed E-state index contributed by atoms with van der Waals surface area (Å²) in [6.07, 6.45) is 0. The fourth-order valence-corrected chi connectivity index (χ4v) is 4.60. The van der Waals surface area contributed by atoms with E-state index in [9.17, 15) is 0 Å². The molecule has 0 aromatic heterocycles. The molecule has 82 valence electrons. The van der Waals surface area contributed by atoms with Gasteiger partial charge in [0.2, 0.25) is 0 Å². The summed E-state index contributed by atoms with van der Waals surface area (Å²) in [5, 5.41) is 0. The normalized spacial score (nSPS) is 18.9. The van der Waals surface area contributed by atoms with Crippen LogP contribution in [0.25, 0.3) is 0 Å². The molecule has 1 aromatic rings. The van der Waals surface area contributed by atoms with Crippen LogP contribution in [0.2, 0.25) is 0 Å². The number of thioether (sulfide) groups is 1. The molecule has 2 rings (SSSR count). The van der Waals surface area contributed by atoms with Crippen LogP contribution in [0.5, 0.6) is 0 Å². The lowest BCUT2D eigenvalue weighted by atomic mass is 10.1. The van der Waals surface area contributed by atoms with Crippen molar-refractivity contribution < 1.29 is 0 Å². The van der Waals surface area contributed by atoms with Gasteiger partial charge in [0.15, 0.2) is 0 Å². The van der Waals surface area contributed by atoms with Gasteiger partial charge in [-0.3, -0.25) is 0 Å². The number of hydrogen-bond acceptors (Lipinski definition) is 2. The van der Waals surface area contributed by atoms with Gasteiger partial charge in [-0.25, -0.2) is 0 Å². The average molecular weight is 286 g/mol. The van der Waals surface area contributed by atoms with E-state index in [0.717, 1.165) is 6.54 Å². The quantitative estimate of drug-likeness (QED) is 0.707. The fourth-order valence-electron chi connectivity index (χ4n) is 2.13. The number of rotatable bonds is 0. The number of anilines is 1. The number of nitrogens with zero attached hydrogens (tertiary/aromatic N) is 1. The maximum atomic E-state index is 3.66. The molecule has 0 N–H and O–H groups in total. The molecule has 0 fully saturated rings. The Bertz CT molecular complexity index is 401. The Morgan fingerprint density at radius 3 is 2.73 bits per heavy atom. The van der Waals surface area contributed by atoms with Gasteiger partial charge >= 0.3 is 0 Å². The zero-order valence-electron chi connectivity index (χ0n) is 9.60. The predicted octanol–water partition coefficient (Wildman–Crippen LogP) is 4.08. The Morgan fingerprint density at radius 1 is 1.40 bits per heavy atom. The van der Waals surface area contributed by atoms with Crippen molar-refractivity contribution in [3.05, 3.63) is 22.2 Å². The molecule has 3 heteroatoms. The molecule has 1 aliphatic rings. The van der Waals surface area contributed by atoms with Gasteiger partial charge in [0.05, 0.1) is 5.69 Å². The number of fused-ring (bicyclic) bond motifs is 1. The maximum absolute atomic E-state index is 3.66. The van der Waals surface area contributed by atoms with Crippen molar-refractivity contribution in [1.29, 1.82) is 0 Å². The molecular weight excluding hydrogens is 270 g/mol. The Labute approximate surface area is 104 Å². The zero-order chi connectivity index (χ0) is 11.2. The molecule has 15 heavy (non-hydrogen) atoms. The summed E-state index contributed by atoms with van der Waals surface area (Å²) in [7, 11) is 2.17. The number of hydrogen-bond donors (Lipinski definition) is 0. The zero-order valence-corrected chi connectivity index (χ0v) is 12.0. The molecule has 0 atom stereocenters. The summed E-state index contributed by atoms with van der Waals surface area (Å²) in [6.45, 7) is 7.83. The first-order chi connectivity index (χ1) is 6.89. The molecule has 0 unspecified atom stereocenters. The van der Waals surface area contributed by atoms with E-state index in [1.807, 2.05) is 11.8 Å². The average Bonchev–Trinajstić information content (AvgIpc) is 1.97. The Morgan fingerprint density at radius 2 is 2.07 bits per heavy atom. The van der Waals surface area contributed by atoms with Gasteiger partial charge in [-0.1, -0.05) is 0 Å². The monoisotopic (exact) mass is 285 g/mol. The molecule has 0 saturated carbocycles. The highest BCUT2D eigenvalue weighted by Gasteiger charge is 2.30. The van der Waals surface area contributed by atoms with E-state index >= 15 is 0 Å². The Kier molecular flexibility index (Phi) is 2.80. The molecule has 0 spiro atoms. The molecule has 0 radical (unpaired) electrons. The summed E-state index contributed by atoms with van der Waals surface area (Å²) in [5.74, 6) is 0. The minimum Gasteiger partial charge on any atom is -0.371 e. The summed E-state index contributed by atoms with van der Waals surface area (Å²) in [5.41, 5.74) is 2.66. The number of halogens is 1. The summed E-state index contributed by atoms with van der Waals surface area (Å²) >= 11 is 5.63. The van der Waals surface area contributed by atoms with Crippen LogP contribution in [0.4, 0.5) is 5.69 Å².